The molecule has 0 spiro atoms. The van der Waals surface area contributed by atoms with E-state index < -0.39 is 0 Å². The van der Waals surface area contributed by atoms with Crippen molar-refractivity contribution in [1.82, 2.24) is 10.2 Å². The van der Waals surface area contributed by atoms with Crippen molar-refractivity contribution in [3.63, 3.8) is 0 Å². The van der Waals surface area contributed by atoms with Gasteiger partial charge in [-0.2, -0.15) is 0 Å². The standard InChI is InChI=1S/C26H30N2O2S/c1-30-23-18-24(22-10-6-3-7-11-22)31-25(23)26(29)27-19-21-13-16-28(17-14-21)15-12-20-8-4-2-5-9-20/h2-11,18,21H,12-17,19H2,1H3,(H,27,29). The van der Waals surface area contributed by atoms with Gasteiger partial charge < -0.3 is 15.0 Å². The fourth-order valence-corrected chi connectivity index (χ4v) is 5.14. The van der Waals surface area contributed by atoms with E-state index in [0.717, 1.165) is 55.9 Å². The lowest BCUT2D eigenvalue weighted by Crippen LogP contribution is -2.39. The zero-order chi connectivity index (χ0) is 21.5. The van der Waals surface area contributed by atoms with E-state index in [-0.39, 0.29) is 5.91 Å². The molecule has 1 saturated heterocycles. The van der Waals surface area contributed by atoms with Gasteiger partial charge in [0.05, 0.1) is 7.11 Å². The summed E-state index contributed by atoms with van der Waals surface area (Å²) in [6, 6.07) is 22.8. The molecule has 1 fully saturated rings. The number of carbonyl (C=O) groups excluding carboxylic acids is 1. The molecule has 1 N–H and O–H groups in total. The van der Waals surface area contributed by atoms with Gasteiger partial charge in [0.1, 0.15) is 10.6 Å². The average Bonchev–Trinajstić information content (AvgIpc) is 3.28. The average molecular weight is 435 g/mol. The van der Waals surface area contributed by atoms with Gasteiger partial charge in [0.15, 0.2) is 0 Å². The molecule has 4 nitrogen and oxygen atoms in total. The lowest BCUT2D eigenvalue weighted by Gasteiger charge is -2.32. The quantitative estimate of drug-likeness (QED) is 0.536. The molecule has 0 bridgehead atoms. The van der Waals surface area contributed by atoms with Crippen LogP contribution >= 0.6 is 11.3 Å². The molecule has 0 aliphatic carbocycles. The summed E-state index contributed by atoms with van der Waals surface area (Å²) >= 11 is 1.49. The van der Waals surface area contributed by atoms with E-state index in [4.69, 9.17) is 4.74 Å². The number of nitrogens with one attached hydrogen (secondary N) is 1. The summed E-state index contributed by atoms with van der Waals surface area (Å²) in [5, 5.41) is 3.15. The van der Waals surface area contributed by atoms with E-state index in [1.54, 1.807) is 7.11 Å². The normalized spacial score (nSPS) is 15.0. The monoisotopic (exact) mass is 434 g/mol. The lowest BCUT2D eigenvalue weighted by molar-refractivity contribution is 0.0937. The summed E-state index contributed by atoms with van der Waals surface area (Å²) in [6.07, 6.45) is 3.36. The summed E-state index contributed by atoms with van der Waals surface area (Å²) < 4.78 is 5.48. The third kappa shape index (κ3) is 5.75. The highest BCUT2D eigenvalue weighted by molar-refractivity contribution is 7.17. The number of likely N-dealkylation sites (tertiary alicyclic amines) is 1. The van der Waals surface area contributed by atoms with Crippen molar-refractivity contribution in [2.24, 2.45) is 5.92 Å². The molecule has 0 saturated carbocycles. The highest BCUT2D eigenvalue weighted by Crippen LogP contribution is 2.36. The number of hydrogen-bond acceptors (Lipinski definition) is 4. The number of thiophene rings is 1. The maximum Gasteiger partial charge on any atom is 0.265 e. The molecule has 1 amide bonds. The van der Waals surface area contributed by atoms with Crippen LogP contribution in [0.25, 0.3) is 10.4 Å². The molecule has 4 rings (SSSR count). The van der Waals surface area contributed by atoms with E-state index in [2.05, 4.69) is 52.7 Å². The van der Waals surface area contributed by atoms with Crippen LogP contribution in [0.15, 0.2) is 66.7 Å². The van der Waals surface area contributed by atoms with Crippen LogP contribution in [-0.2, 0) is 6.42 Å². The number of ether oxygens (including phenoxy) is 1. The van der Waals surface area contributed by atoms with Crippen molar-refractivity contribution in [3.05, 3.63) is 77.2 Å². The smallest absolute Gasteiger partial charge is 0.265 e. The SMILES string of the molecule is COc1cc(-c2ccccc2)sc1C(=O)NCC1CCN(CCc2ccccc2)CC1. The molecule has 162 valence electrons. The molecule has 1 aromatic heterocycles. The molecule has 1 aliphatic rings. The molecular formula is C26H30N2O2S. The molecule has 0 atom stereocenters. The fraction of sp³-hybridized carbons (Fsp3) is 0.346. The number of rotatable bonds is 8. The minimum Gasteiger partial charge on any atom is -0.495 e. The minimum atomic E-state index is -0.0319. The zero-order valence-electron chi connectivity index (χ0n) is 18.0. The maximum atomic E-state index is 12.8. The minimum absolute atomic E-state index is 0.0319. The zero-order valence-corrected chi connectivity index (χ0v) is 18.9. The van der Waals surface area contributed by atoms with Crippen molar-refractivity contribution in [2.75, 3.05) is 33.3 Å². The van der Waals surface area contributed by atoms with Gasteiger partial charge in [0, 0.05) is 18.0 Å². The van der Waals surface area contributed by atoms with Crippen LogP contribution in [0.2, 0.25) is 0 Å². The second-order valence-corrected chi connectivity index (χ2v) is 9.16. The van der Waals surface area contributed by atoms with E-state index in [1.807, 2.05) is 24.3 Å². The second-order valence-electron chi connectivity index (χ2n) is 8.10. The van der Waals surface area contributed by atoms with Crippen molar-refractivity contribution in [3.8, 4) is 16.2 Å². The Bertz CT molecular complexity index is 964. The molecule has 2 aromatic carbocycles. The Balaban J connectivity index is 1.25. The first kappa shape index (κ1) is 21.6. The van der Waals surface area contributed by atoms with E-state index in [0.29, 0.717) is 16.5 Å². The van der Waals surface area contributed by atoms with Crippen LogP contribution in [0.4, 0.5) is 0 Å². The molecule has 0 unspecified atom stereocenters. The summed E-state index contributed by atoms with van der Waals surface area (Å²) in [7, 11) is 1.62. The van der Waals surface area contributed by atoms with Gasteiger partial charge in [-0.3, -0.25) is 4.79 Å². The summed E-state index contributed by atoms with van der Waals surface area (Å²) in [5.74, 6) is 1.16. The number of carbonyl (C=O) groups is 1. The highest BCUT2D eigenvalue weighted by Gasteiger charge is 2.22. The molecule has 31 heavy (non-hydrogen) atoms. The maximum absolute atomic E-state index is 12.8. The Morgan fingerprint density at radius 3 is 2.42 bits per heavy atom. The Hall–Kier alpha value is -2.63. The van der Waals surface area contributed by atoms with E-state index >= 15 is 0 Å². The second kappa shape index (κ2) is 10.6. The first-order valence-electron chi connectivity index (χ1n) is 11.0. The summed E-state index contributed by atoms with van der Waals surface area (Å²) in [5.41, 5.74) is 2.50. The number of nitrogens with zero attached hydrogens (tertiary/aromatic N) is 1. The van der Waals surface area contributed by atoms with Crippen LogP contribution in [0.5, 0.6) is 5.75 Å². The molecular weight excluding hydrogens is 404 g/mol. The van der Waals surface area contributed by atoms with Gasteiger partial charge in [-0.05, 0) is 55.5 Å². The van der Waals surface area contributed by atoms with Crippen molar-refractivity contribution < 1.29 is 9.53 Å². The van der Waals surface area contributed by atoms with Crippen LogP contribution in [-0.4, -0.2) is 44.1 Å². The first-order chi connectivity index (χ1) is 15.2. The Kier molecular flexibility index (Phi) is 7.39. The Morgan fingerprint density at radius 1 is 1.06 bits per heavy atom. The molecule has 2 heterocycles. The molecule has 0 radical (unpaired) electrons. The van der Waals surface area contributed by atoms with Gasteiger partial charge in [-0.15, -0.1) is 11.3 Å². The van der Waals surface area contributed by atoms with Gasteiger partial charge in [0.2, 0.25) is 0 Å². The fourth-order valence-electron chi connectivity index (χ4n) is 4.09. The van der Waals surface area contributed by atoms with Crippen LogP contribution in [0.3, 0.4) is 0 Å². The Labute approximate surface area is 188 Å². The van der Waals surface area contributed by atoms with Gasteiger partial charge in [0.25, 0.3) is 5.91 Å². The molecule has 1 aliphatic heterocycles. The van der Waals surface area contributed by atoms with Gasteiger partial charge in [-0.1, -0.05) is 60.7 Å². The molecule has 5 heteroatoms. The number of hydrogen-bond donors (Lipinski definition) is 1. The van der Waals surface area contributed by atoms with Crippen LogP contribution in [0, 0.1) is 5.92 Å². The largest absolute Gasteiger partial charge is 0.495 e. The Morgan fingerprint density at radius 2 is 1.74 bits per heavy atom. The third-order valence-electron chi connectivity index (χ3n) is 6.00. The number of benzene rings is 2. The number of methoxy groups -OCH3 is 1. The number of piperidine rings is 1. The summed E-state index contributed by atoms with van der Waals surface area (Å²) in [6.45, 7) is 4.05. The van der Waals surface area contributed by atoms with Crippen molar-refractivity contribution in [1.29, 1.82) is 0 Å². The third-order valence-corrected chi connectivity index (χ3v) is 7.16. The summed E-state index contributed by atoms with van der Waals surface area (Å²) in [4.78, 5) is 17.1. The van der Waals surface area contributed by atoms with Crippen molar-refractivity contribution in [2.45, 2.75) is 19.3 Å². The van der Waals surface area contributed by atoms with Crippen molar-refractivity contribution >= 4 is 17.2 Å². The van der Waals surface area contributed by atoms with E-state index in [1.165, 1.54) is 16.9 Å². The van der Waals surface area contributed by atoms with Crippen LogP contribution in [0.1, 0.15) is 28.1 Å². The first-order valence-corrected chi connectivity index (χ1v) is 11.8. The lowest BCUT2D eigenvalue weighted by atomic mass is 9.96. The molecule has 3 aromatic rings. The van der Waals surface area contributed by atoms with Gasteiger partial charge in [-0.25, -0.2) is 0 Å². The highest BCUT2D eigenvalue weighted by atomic mass is 32.1. The predicted octanol–water partition coefficient (Wildman–Crippen LogP) is 5.11. The van der Waals surface area contributed by atoms with Crippen LogP contribution < -0.4 is 10.1 Å². The van der Waals surface area contributed by atoms with Gasteiger partial charge >= 0.3 is 0 Å². The van der Waals surface area contributed by atoms with E-state index in [9.17, 15) is 4.79 Å². The number of amides is 1. The topological polar surface area (TPSA) is 41.6 Å². The predicted molar refractivity (Wildman–Crippen MR) is 128 cm³/mol.